The van der Waals surface area contributed by atoms with E-state index in [0.29, 0.717) is 6.04 Å². The predicted octanol–water partition coefficient (Wildman–Crippen LogP) is -0.257. The van der Waals surface area contributed by atoms with Gasteiger partial charge in [-0.05, 0) is 19.3 Å². The van der Waals surface area contributed by atoms with Gasteiger partial charge in [0.25, 0.3) is 0 Å². The van der Waals surface area contributed by atoms with Gasteiger partial charge in [0.15, 0.2) is 0 Å². The van der Waals surface area contributed by atoms with Crippen molar-refractivity contribution in [3.63, 3.8) is 0 Å². The maximum atomic E-state index is 11.4. The molecule has 3 N–H and O–H groups in total. The Labute approximate surface area is 96.9 Å². The van der Waals surface area contributed by atoms with Crippen LogP contribution >= 0.6 is 0 Å². The second kappa shape index (κ2) is 6.06. The van der Waals surface area contributed by atoms with E-state index in [-0.39, 0.29) is 6.03 Å². The number of urea groups is 1. The number of hydrogen-bond acceptors (Lipinski definition) is 3. The molecule has 2 fully saturated rings. The topological polar surface area (TPSA) is 56.4 Å². The van der Waals surface area contributed by atoms with Crippen molar-refractivity contribution in [2.45, 2.75) is 25.3 Å². The van der Waals surface area contributed by atoms with Crippen LogP contribution in [0.5, 0.6) is 0 Å². The van der Waals surface area contributed by atoms with Crippen molar-refractivity contribution in [2.75, 3.05) is 39.3 Å². The summed E-state index contributed by atoms with van der Waals surface area (Å²) in [7, 11) is 0. The number of piperazine rings is 1. The normalized spacial score (nSPS) is 22.5. The van der Waals surface area contributed by atoms with E-state index >= 15 is 0 Å². The fourth-order valence-corrected chi connectivity index (χ4v) is 2.05. The van der Waals surface area contributed by atoms with Gasteiger partial charge >= 0.3 is 6.03 Å². The van der Waals surface area contributed by atoms with Crippen molar-refractivity contribution >= 4 is 6.03 Å². The molecule has 1 aliphatic heterocycles. The molecular weight excluding hydrogens is 204 g/mol. The van der Waals surface area contributed by atoms with Gasteiger partial charge in [0.2, 0.25) is 0 Å². The minimum absolute atomic E-state index is 0.000153. The number of nitrogens with zero attached hydrogens (tertiary/aromatic N) is 1. The lowest BCUT2D eigenvalue weighted by Crippen LogP contribution is -2.49. The highest BCUT2D eigenvalue weighted by molar-refractivity contribution is 5.74. The molecule has 2 aliphatic rings. The van der Waals surface area contributed by atoms with Crippen LogP contribution in [0.25, 0.3) is 0 Å². The minimum Gasteiger partial charge on any atom is -0.337 e. The fraction of sp³-hybridized carbons (Fsp3) is 0.909. The van der Waals surface area contributed by atoms with Gasteiger partial charge in [-0.15, -0.1) is 0 Å². The van der Waals surface area contributed by atoms with Gasteiger partial charge < -0.3 is 16.0 Å². The van der Waals surface area contributed by atoms with Gasteiger partial charge in [-0.2, -0.15) is 0 Å². The smallest absolute Gasteiger partial charge is 0.315 e. The van der Waals surface area contributed by atoms with Crippen LogP contribution < -0.4 is 16.0 Å². The first kappa shape index (κ1) is 11.7. The van der Waals surface area contributed by atoms with Crippen molar-refractivity contribution < 1.29 is 4.79 Å². The Balaban J connectivity index is 1.51. The molecule has 1 aliphatic carbocycles. The Morgan fingerprint density at radius 3 is 2.69 bits per heavy atom. The molecule has 92 valence electrons. The Morgan fingerprint density at radius 2 is 2.06 bits per heavy atom. The van der Waals surface area contributed by atoms with Crippen LogP contribution in [0.15, 0.2) is 0 Å². The van der Waals surface area contributed by atoms with E-state index in [1.54, 1.807) is 0 Å². The summed E-state index contributed by atoms with van der Waals surface area (Å²) < 4.78 is 0. The molecule has 0 aromatic heterocycles. The third kappa shape index (κ3) is 3.64. The van der Waals surface area contributed by atoms with Gasteiger partial charge in [0.05, 0.1) is 0 Å². The van der Waals surface area contributed by atoms with Crippen molar-refractivity contribution in [1.29, 1.82) is 0 Å². The summed E-state index contributed by atoms with van der Waals surface area (Å²) in [5, 5.41) is 9.20. The second-order valence-electron chi connectivity index (χ2n) is 4.62. The van der Waals surface area contributed by atoms with E-state index < -0.39 is 0 Å². The van der Waals surface area contributed by atoms with Crippen LogP contribution in [-0.4, -0.2) is 56.2 Å². The summed E-state index contributed by atoms with van der Waals surface area (Å²) in [4.78, 5) is 13.8. The minimum atomic E-state index is -0.000153. The molecule has 0 atom stereocenters. The molecule has 2 amide bonds. The molecule has 0 aromatic carbocycles. The Bertz CT molecular complexity index is 224. The third-order valence-electron chi connectivity index (χ3n) is 3.36. The van der Waals surface area contributed by atoms with Crippen molar-refractivity contribution in [2.24, 2.45) is 0 Å². The molecule has 1 saturated heterocycles. The SMILES string of the molecule is O=C(NCCN1CCNCC1)NC1CCC1. The number of carbonyl (C=O) groups excluding carboxylic acids is 1. The van der Waals surface area contributed by atoms with Crippen LogP contribution in [0.3, 0.4) is 0 Å². The van der Waals surface area contributed by atoms with Gasteiger partial charge in [-0.25, -0.2) is 4.79 Å². The highest BCUT2D eigenvalue weighted by Crippen LogP contribution is 2.17. The highest BCUT2D eigenvalue weighted by atomic mass is 16.2. The largest absolute Gasteiger partial charge is 0.337 e. The summed E-state index contributed by atoms with van der Waals surface area (Å²) in [6, 6.07) is 0.430. The highest BCUT2D eigenvalue weighted by Gasteiger charge is 2.19. The number of rotatable bonds is 4. The van der Waals surface area contributed by atoms with Crippen LogP contribution in [-0.2, 0) is 0 Å². The molecule has 0 aromatic rings. The Morgan fingerprint density at radius 1 is 1.31 bits per heavy atom. The molecule has 1 heterocycles. The first-order valence-corrected chi connectivity index (χ1v) is 6.32. The lowest BCUT2D eigenvalue weighted by atomic mass is 9.93. The summed E-state index contributed by atoms with van der Waals surface area (Å²) in [5.74, 6) is 0. The lowest BCUT2D eigenvalue weighted by Gasteiger charge is -2.28. The number of amides is 2. The molecule has 0 unspecified atom stereocenters. The molecular formula is C11H22N4O. The number of nitrogens with one attached hydrogen (secondary N) is 3. The van der Waals surface area contributed by atoms with Gasteiger partial charge in [-0.1, -0.05) is 0 Å². The number of carbonyl (C=O) groups is 1. The molecule has 16 heavy (non-hydrogen) atoms. The van der Waals surface area contributed by atoms with Crippen molar-refractivity contribution in [1.82, 2.24) is 20.9 Å². The first-order valence-electron chi connectivity index (χ1n) is 6.32. The van der Waals surface area contributed by atoms with E-state index in [1.165, 1.54) is 6.42 Å². The summed E-state index contributed by atoms with van der Waals surface area (Å²) in [6.45, 7) is 6.01. The molecule has 0 spiro atoms. The van der Waals surface area contributed by atoms with Gasteiger partial charge in [0.1, 0.15) is 0 Å². The van der Waals surface area contributed by atoms with E-state index in [2.05, 4.69) is 20.9 Å². The zero-order valence-corrected chi connectivity index (χ0v) is 9.80. The van der Waals surface area contributed by atoms with E-state index in [1.807, 2.05) is 0 Å². The lowest BCUT2D eigenvalue weighted by molar-refractivity contribution is 0.219. The molecule has 1 saturated carbocycles. The van der Waals surface area contributed by atoms with E-state index in [0.717, 1.165) is 52.1 Å². The quantitative estimate of drug-likeness (QED) is 0.619. The zero-order valence-electron chi connectivity index (χ0n) is 9.80. The van der Waals surface area contributed by atoms with Crippen LogP contribution in [0.4, 0.5) is 4.79 Å². The molecule has 5 heteroatoms. The third-order valence-corrected chi connectivity index (χ3v) is 3.36. The standard InChI is InChI=1S/C11H22N4O/c16-11(14-10-2-1-3-10)13-6-9-15-7-4-12-5-8-15/h10,12H,1-9H2,(H2,13,14,16). The predicted molar refractivity (Wildman–Crippen MR) is 63.5 cm³/mol. The van der Waals surface area contributed by atoms with Crippen molar-refractivity contribution in [3.05, 3.63) is 0 Å². The molecule has 2 rings (SSSR count). The summed E-state index contributed by atoms with van der Waals surface area (Å²) >= 11 is 0. The summed E-state index contributed by atoms with van der Waals surface area (Å²) in [6.07, 6.45) is 3.54. The Hall–Kier alpha value is -0.810. The van der Waals surface area contributed by atoms with Crippen LogP contribution in [0.1, 0.15) is 19.3 Å². The van der Waals surface area contributed by atoms with Crippen molar-refractivity contribution in [3.8, 4) is 0 Å². The van der Waals surface area contributed by atoms with Gasteiger partial charge in [-0.3, -0.25) is 4.90 Å². The summed E-state index contributed by atoms with van der Waals surface area (Å²) in [5.41, 5.74) is 0. The number of hydrogen-bond donors (Lipinski definition) is 3. The molecule has 5 nitrogen and oxygen atoms in total. The second-order valence-corrected chi connectivity index (χ2v) is 4.62. The fourth-order valence-electron chi connectivity index (χ4n) is 2.05. The zero-order chi connectivity index (χ0) is 11.2. The maximum absolute atomic E-state index is 11.4. The molecule has 0 radical (unpaired) electrons. The average Bonchev–Trinajstić information content (AvgIpc) is 2.25. The molecule has 0 bridgehead atoms. The first-order chi connectivity index (χ1) is 7.84. The van der Waals surface area contributed by atoms with Crippen LogP contribution in [0, 0.1) is 0 Å². The van der Waals surface area contributed by atoms with Crippen LogP contribution in [0.2, 0.25) is 0 Å². The van der Waals surface area contributed by atoms with Gasteiger partial charge in [0, 0.05) is 45.3 Å². The van der Waals surface area contributed by atoms with E-state index in [9.17, 15) is 4.79 Å². The Kier molecular flexibility index (Phi) is 4.42. The van der Waals surface area contributed by atoms with E-state index in [4.69, 9.17) is 0 Å². The average molecular weight is 226 g/mol. The monoisotopic (exact) mass is 226 g/mol. The maximum Gasteiger partial charge on any atom is 0.315 e.